The van der Waals surface area contributed by atoms with Crippen LogP contribution in [0.2, 0.25) is 0 Å². The fourth-order valence-corrected chi connectivity index (χ4v) is 17.1. The molecule has 0 aromatic carbocycles. The van der Waals surface area contributed by atoms with Crippen molar-refractivity contribution in [3.8, 4) is 0 Å². The molecule has 1 spiro atoms. The fraction of sp³-hybridized carbons (Fsp3) is 0.907. The van der Waals surface area contributed by atoms with Crippen LogP contribution in [0.3, 0.4) is 0 Å². The highest BCUT2D eigenvalue weighted by atomic mass is 32.3. The molecule has 29 nitrogen and oxygen atoms in total. The number of esters is 1. The lowest BCUT2D eigenvalue weighted by molar-refractivity contribution is -0.389. The number of carbonyl (C=O) groups is 3. The van der Waals surface area contributed by atoms with E-state index in [0.29, 0.717) is 38.5 Å². The zero-order valence-corrected chi connectivity index (χ0v) is 50.3. The normalized spacial score (nSPS) is 48.2. The summed E-state index contributed by atoms with van der Waals surface area (Å²) in [6.45, 7) is 12.4. The van der Waals surface area contributed by atoms with Crippen molar-refractivity contribution in [1.29, 1.82) is 0 Å². The second-order valence-corrected chi connectivity index (χ2v) is 28.3. The van der Waals surface area contributed by atoms with Gasteiger partial charge in [-0.15, -0.1) is 0 Å². The third-order valence-electron chi connectivity index (χ3n) is 20.2. The number of ether oxygens (including phenoxy) is 10. The molecule has 13 unspecified atom stereocenters. The topological polar surface area (TPSA) is 438 Å². The second-order valence-electron chi connectivity index (χ2n) is 26.3. The maximum Gasteiger partial charge on any atom is 0.314 e. The molecule has 9 rings (SSSR count). The van der Waals surface area contributed by atoms with E-state index in [4.69, 9.17) is 47.4 Å². The first-order chi connectivity index (χ1) is 39.5. The fourth-order valence-electron chi connectivity index (χ4n) is 16.3. The summed E-state index contributed by atoms with van der Waals surface area (Å²) in [5, 5.41) is 89.4. The zero-order chi connectivity index (χ0) is 62.6. The predicted molar refractivity (Wildman–Crippen MR) is 278 cm³/mol. The first-order valence-corrected chi connectivity index (χ1v) is 31.5. The second kappa shape index (κ2) is 24.3. The molecule has 0 bridgehead atoms. The quantitative estimate of drug-likeness (QED) is 0.0301. The molecule has 0 amide bonds. The van der Waals surface area contributed by atoms with E-state index in [0.717, 1.165) is 12.7 Å². The molecule has 5 heterocycles. The minimum absolute atomic E-state index is 0.0478. The molecule has 4 aliphatic carbocycles. The summed E-state index contributed by atoms with van der Waals surface area (Å²) in [7, 11) is -9.81. The lowest BCUT2D eigenvalue weighted by Gasteiger charge is -2.63. The number of aliphatic hydroxyl groups excluding tert-OH is 8. The highest BCUT2D eigenvalue weighted by molar-refractivity contribution is 7.81. The number of allylic oxidation sites excluding steroid dienone is 2. The summed E-state index contributed by atoms with van der Waals surface area (Å²) in [6.07, 6.45) is -31.0. The van der Waals surface area contributed by atoms with Crippen molar-refractivity contribution in [1.82, 2.24) is 0 Å². The molecule has 5 aliphatic heterocycles. The third-order valence-corrected chi connectivity index (χ3v) is 21.1. The Morgan fingerprint density at radius 2 is 1.35 bits per heavy atom. The van der Waals surface area contributed by atoms with Gasteiger partial charge in [-0.05, 0) is 74.5 Å². The van der Waals surface area contributed by atoms with E-state index in [2.05, 4.69) is 21.4 Å². The maximum atomic E-state index is 14.4. The van der Waals surface area contributed by atoms with Gasteiger partial charge in [-0.3, -0.25) is 22.7 Å². The summed E-state index contributed by atoms with van der Waals surface area (Å²) >= 11 is 0. The average Bonchev–Trinajstić information content (AvgIpc) is 1.68. The molecule has 27 atom stereocenters. The minimum atomic E-state index is -5.48. The number of ketones is 2. The van der Waals surface area contributed by atoms with Gasteiger partial charge < -0.3 is 97.3 Å². The monoisotopic (exact) mass is 1260 g/mol. The number of fused-ring (bicyclic) bond motifs is 4. The van der Waals surface area contributed by atoms with Gasteiger partial charge in [0.1, 0.15) is 103 Å². The zero-order valence-electron chi connectivity index (χ0n) is 48.7. The van der Waals surface area contributed by atoms with Crippen molar-refractivity contribution in [2.75, 3.05) is 26.9 Å². The van der Waals surface area contributed by atoms with Crippen LogP contribution in [0.5, 0.6) is 0 Å². The van der Waals surface area contributed by atoms with Crippen molar-refractivity contribution >= 4 is 38.3 Å². The molecule has 0 radical (unpaired) electrons. The first kappa shape index (κ1) is 67.0. The molecular weight excluding hydrogens is 1180 g/mol. The Kier molecular flexibility index (Phi) is 19.2. The number of hydrogen-bond acceptors (Lipinski definition) is 29. The molecule has 31 heteroatoms. The van der Waals surface area contributed by atoms with Gasteiger partial charge in [-0.1, -0.05) is 53.2 Å². The molecule has 3 saturated carbocycles. The molecule has 5 saturated heterocycles. The predicted octanol–water partition coefficient (Wildman–Crippen LogP) is -1.98. The lowest BCUT2D eigenvalue weighted by atomic mass is 9.41. The number of rotatable bonds is 19. The molecule has 486 valence electrons. The van der Waals surface area contributed by atoms with Crippen LogP contribution in [0.15, 0.2) is 11.6 Å². The summed E-state index contributed by atoms with van der Waals surface area (Å²) < 4.78 is 138. The van der Waals surface area contributed by atoms with Crippen LogP contribution in [0.4, 0.5) is 0 Å². The van der Waals surface area contributed by atoms with Gasteiger partial charge in [-0.25, -0.2) is 16.8 Å². The molecule has 8 fully saturated rings. The van der Waals surface area contributed by atoms with Gasteiger partial charge >= 0.3 is 5.97 Å². The van der Waals surface area contributed by atoms with Crippen molar-refractivity contribution in [2.24, 2.45) is 45.3 Å². The van der Waals surface area contributed by atoms with E-state index < -0.39 is 203 Å². The Hall–Kier alpha value is -2.39. The van der Waals surface area contributed by atoms with E-state index in [1.54, 1.807) is 6.92 Å². The van der Waals surface area contributed by atoms with Crippen LogP contribution in [-0.4, -0.2) is 240 Å². The van der Waals surface area contributed by atoms with Crippen molar-refractivity contribution in [3.63, 3.8) is 0 Å². The molecule has 85 heavy (non-hydrogen) atoms. The van der Waals surface area contributed by atoms with E-state index in [-0.39, 0.29) is 42.2 Å². The molecule has 8 N–H and O–H groups in total. The third kappa shape index (κ3) is 12.1. The van der Waals surface area contributed by atoms with Crippen molar-refractivity contribution in [2.45, 2.75) is 235 Å². The van der Waals surface area contributed by atoms with Crippen LogP contribution in [0.25, 0.3) is 0 Å². The number of cyclic esters (lactones) is 1. The van der Waals surface area contributed by atoms with Gasteiger partial charge in [-0.2, -0.15) is 0 Å². The van der Waals surface area contributed by atoms with Crippen LogP contribution < -0.4 is 0 Å². The number of carbonyl (C=O) groups excluding carboxylic acids is 3. The number of aliphatic hydroxyl groups is 8. The van der Waals surface area contributed by atoms with E-state index in [9.17, 15) is 81.2 Å². The van der Waals surface area contributed by atoms with Crippen molar-refractivity contribution in [3.05, 3.63) is 11.6 Å². The Morgan fingerprint density at radius 1 is 0.741 bits per heavy atom. The summed E-state index contributed by atoms with van der Waals surface area (Å²) in [5.41, 5.74) is -3.41. The first-order valence-electron chi connectivity index (χ1n) is 28.8. The standard InChI is InChI=1S/C54H84O29S2/c1-22(2)16-24(56)17-53(8)44-27(57)18-52(7)26-10-11-31-50(4,5)32(13-14-51(31,6)25(26)12-15-54(44,52)49(65)82-53)78-48-43(35(60)30(20-73-48)83-85(69,70)71)81-45-37(62)36(61)40(23(3)75-45)79-47-39(64)42(34(59)29(77-47)21-74-84(66,67)68)80-46-38(63)41(72-9)33(58)28(19-55)76-46/h10,22-23,25,28-48,55,58-64H,11-21H2,1-9H3,(H,66,67,68)(H,69,70,71)/p-2/t23?,25?,28?,29?,30-,31+,32+,33-,34-,35?,36?,37?,38?,39?,40-,41?,42?,43?,44-,45+,46+,47+,48+,51-,52+,53+,54?/m1/s1. The maximum absolute atomic E-state index is 14.4. The Labute approximate surface area is 492 Å². The van der Waals surface area contributed by atoms with Crippen LogP contribution in [0.1, 0.15) is 107 Å². The van der Waals surface area contributed by atoms with Crippen molar-refractivity contribution < 1.29 is 137 Å². The number of Topliss-reactive ketones (excluding diaryl/α,β-unsaturated/α-hetero) is 2. The van der Waals surface area contributed by atoms with Gasteiger partial charge in [0, 0.05) is 31.8 Å². The van der Waals surface area contributed by atoms with Crippen LogP contribution in [-0.2, 0) is 90.9 Å². The molecular formula is C54H82O29S2-2. The highest BCUT2D eigenvalue weighted by Crippen LogP contribution is 2.75. The van der Waals surface area contributed by atoms with Crippen LogP contribution >= 0.6 is 0 Å². The lowest BCUT2D eigenvalue weighted by Crippen LogP contribution is -2.67. The molecule has 0 aromatic rings. The van der Waals surface area contributed by atoms with E-state index in [1.165, 1.54) is 6.92 Å². The SMILES string of the molecule is COC1C(O)[C@H](OC2C(O)[C@H](O[C@@H]3C(C)O[C@@H](OC4C(O)[C@H](OS(=O)(=O)[O-])CO[C@H]4O[C@H]4CC[C@]5(C)C6CCC78C(=O)O[C@@](C)(CC(=O)CC(C)C)[C@H]7C(=O)C[C@@]8(C)C6=CC[C@H]5C4(C)C)C(O)C3O)OC(COS(=O)(=O)[O-])[C@H]2O)OC(CO)[C@H]1O. The summed E-state index contributed by atoms with van der Waals surface area (Å²) in [6, 6.07) is 0. The smallest absolute Gasteiger partial charge is 0.314 e. The van der Waals surface area contributed by atoms with Gasteiger partial charge in [0.05, 0.1) is 43.4 Å². The Morgan fingerprint density at radius 3 is 1.98 bits per heavy atom. The minimum Gasteiger partial charge on any atom is -0.726 e. The average molecular weight is 1260 g/mol. The highest BCUT2D eigenvalue weighted by Gasteiger charge is 2.79. The summed E-state index contributed by atoms with van der Waals surface area (Å²) in [4.78, 5) is 42.0. The number of methoxy groups -OCH3 is 1. The number of hydrogen-bond donors (Lipinski definition) is 8. The van der Waals surface area contributed by atoms with Crippen LogP contribution in [0, 0.1) is 45.3 Å². The Bertz CT molecular complexity index is 2730. The van der Waals surface area contributed by atoms with E-state index in [1.807, 2.05) is 34.6 Å². The van der Waals surface area contributed by atoms with E-state index >= 15 is 0 Å². The van der Waals surface area contributed by atoms with Gasteiger partial charge in [0.2, 0.25) is 20.8 Å². The molecule has 9 aliphatic rings. The largest absolute Gasteiger partial charge is 0.726 e. The molecule has 0 aromatic heterocycles. The van der Waals surface area contributed by atoms with Gasteiger partial charge in [0.15, 0.2) is 25.2 Å². The summed E-state index contributed by atoms with van der Waals surface area (Å²) in [5.74, 6) is -1.50. The Balaban J connectivity index is 0.919. The van der Waals surface area contributed by atoms with Gasteiger partial charge in [0.25, 0.3) is 0 Å².